The molecule has 1 aromatic rings. The monoisotopic (exact) mass is 253 g/mol. The van der Waals surface area contributed by atoms with Crippen LogP contribution in [-0.2, 0) is 6.54 Å². The van der Waals surface area contributed by atoms with Crippen LogP contribution in [0.15, 0.2) is 29.2 Å². The summed E-state index contributed by atoms with van der Waals surface area (Å²) < 4.78 is 0. The van der Waals surface area contributed by atoms with Gasteiger partial charge in [-0.05, 0) is 44.5 Å². The van der Waals surface area contributed by atoms with Crippen molar-refractivity contribution in [2.75, 3.05) is 12.3 Å². The fourth-order valence-corrected chi connectivity index (χ4v) is 2.34. The van der Waals surface area contributed by atoms with Crippen LogP contribution in [0.3, 0.4) is 0 Å². The van der Waals surface area contributed by atoms with Crippen molar-refractivity contribution in [3.63, 3.8) is 0 Å². The largest absolute Gasteiger partial charge is 0.390 e. The minimum atomic E-state index is -0.610. The Morgan fingerprint density at radius 3 is 2.76 bits per heavy atom. The van der Waals surface area contributed by atoms with Crippen LogP contribution in [0.5, 0.6) is 0 Å². The molecular formula is C14H23NOS. The Morgan fingerprint density at radius 1 is 1.35 bits per heavy atom. The molecule has 0 atom stereocenters. The first-order valence-corrected chi connectivity index (χ1v) is 7.14. The predicted octanol–water partition coefficient (Wildman–Crippen LogP) is 3.05. The van der Waals surface area contributed by atoms with E-state index >= 15 is 0 Å². The Kier molecular flexibility index (Phi) is 6.03. The first-order valence-electron chi connectivity index (χ1n) is 6.16. The van der Waals surface area contributed by atoms with E-state index in [2.05, 4.69) is 36.5 Å². The maximum Gasteiger partial charge on any atom is 0.0685 e. The molecule has 0 aliphatic rings. The van der Waals surface area contributed by atoms with Crippen molar-refractivity contribution >= 4 is 11.8 Å². The number of thioether (sulfide) groups is 1. The van der Waals surface area contributed by atoms with Crippen LogP contribution in [0.4, 0.5) is 0 Å². The molecule has 0 saturated heterocycles. The number of hydrogen-bond donors (Lipinski definition) is 2. The average Bonchev–Trinajstić information content (AvgIpc) is 2.27. The van der Waals surface area contributed by atoms with Crippen LogP contribution in [-0.4, -0.2) is 23.0 Å². The zero-order valence-corrected chi connectivity index (χ0v) is 11.8. The number of nitrogens with one attached hydrogen (secondary N) is 1. The fraction of sp³-hybridized carbons (Fsp3) is 0.571. The van der Waals surface area contributed by atoms with Crippen molar-refractivity contribution in [2.24, 2.45) is 0 Å². The van der Waals surface area contributed by atoms with Gasteiger partial charge in [-0.15, -0.1) is 11.8 Å². The van der Waals surface area contributed by atoms with Gasteiger partial charge in [-0.2, -0.15) is 0 Å². The van der Waals surface area contributed by atoms with Gasteiger partial charge in [-0.1, -0.05) is 19.1 Å². The summed E-state index contributed by atoms with van der Waals surface area (Å²) in [7, 11) is 0. The summed E-state index contributed by atoms with van der Waals surface area (Å²) >= 11 is 1.70. The summed E-state index contributed by atoms with van der Waals surface area (Å²) in [4.78, 5) is 1.22. The van der Waals surface area contributed by atoms with Gasteiger partial charge in [0.05, 0.1) is 5.60 Å². The number of aliphatic hydroxyl groups is 1. The second-order valence-electron chi connectivity index (χ2n) is 4.93. The molecule has 1 rings (SSSR count). The predicted molar refractivity (Wildman–Crippen MR) is 75.5 cm³/mol. The Balaban J connectivity index is 2.48. The van der Waals surface area contributed by atoms with Gasteiger partial charge < -0.3 is 10.4 Å². The van der Waals surface area contributed by atoms with E-state index < -0.39 is 5.60 Å². The Labute approximate surface area is 109 Å². The molecule has 0 spiro atoms. The Bertz CT molecular complexity index is 333. The van der Waals surface area contributed by atoms with Crippen LogP contribution in [0.1, 0.15) is 32.8 Å². The van der Waals surface area contributed by atoms with E-state index in [0.717, 1.165) is 25.3 Å². The van der Waals surface area contributed by atoms with E-state index in [1.807, 2.05) is 13.8 Å². The maximum atomic E-state index is 9.69. The molecule has 0 heterocycles. The molecule has 2 N–H and O–H groups in total. The lowest BCUT2D eigenvalue weighted by Gasteiger charge is -2.16. The highest BCUT2D eigenvalue weighted by atomic mass is 32.2. The third kappa shape index (κ3) is 6.71. The zero-order valence-electron chi connectivity index (χ0n) is 11.0. The normalized spacial score (nSPS) is 11.8. The Morgan fingerprint density at radius 2 is 2.12 bits per heavy atom. The van der Waals surface area contributed by atoms with Crippen molar-refractivity contribution in [1.29, 1.82) is 0 Å². The van der Waals surface area contributed by atoms with Crippen LogP contribution >= 0.6 is 11.8 Å². The topological polar surface area (TPSA) is 32.3 Å². The van der Waals surface area contributed by atoms with Gasteiger partial charge in [0.25, 0.3) is 0 Å². The maximum absolute atomic E-state index is 9.69. The summed E-state index contributed by atoms with van der Waals surface area (Å²) in [6, 6.07) is 8.51. The summed E-state index contributed by atoms with van der Waals surface area (Å²) in [6.45, 7) is 7.83. The van der Waals surface area contributed by atoms with Crippen LogP contribution < -0.4 is 5.32 Å². The van der Waals surface area contributed by atoms with Crippen molar-refractivity contribution in [1.82, 2.24) is 5.32 Å². The summed E-state index contributed by atoms with van der Waals surface area (Å²) in [5.41, 5.74) is 0.695. The van der Waals surface area contributed by atoms with Crippen LogP contribution in [0, 0.1) is 0 Å². The molecule has 0 saturated carbocycles. The molecule has 2 nitrogen and oxygen atoms in total. The lowest BCUT2D eigenvalue weighted by Crippen LogP contribution is -2.21. The number of benzene rings is 1. The smallest absolute Gasteiger partial charge is 0.0685 e. The first kappa shape index (κ1) is 14.6. The van der Waals surface area contributed by atoms with Gasteiger partial charge in [-0.25, -0.2) is 0 Å². The molecule has 1 aromatic carbocycles. The van der Waals surface area contributed by atoms with Crippen molar-refractivity contribution in [2.45, 2.75) is 44.2 Å². The van der Waals surface area contributed by atoms with Gasteiger partial charge in [0.1, 0.15) is 0 Å². The third-order valence-corrected chi connectivity index (χ3v) is 3.68. The van der Waals surface area contributed by atoms with E-state index in [9.17, 15) is 5.11 Å². The van der Waals surface area contributed by atoms with E-state index in [1.165, 1.54) is 10.5 Å². The van der Waals surface area contributed by atoms with Crippen molar-refractivity contribution in [3.05, 3.63) is 29.8 Å². The van der Waals surface area contributed by atoms with E-state index in [4.69, 9.17) is 0 Å². The molecule has 96 valence electrons. The quantitative estimate of drug-likeness (QED) is 0.578. The molecule has 0 amide bonds. The zero-order chi connectivity index (χ0) is 12.7. The highest BCUT2D eigenvalue weighted by molar-refractivity contribution is 7.99. The van der Waals surface area contributed by atoms with E-state index in [1.54, 1.807) is 11.8 Å². The van der Waals surface area contributed by atoms with E-state index in [0.29, 0.717) is 0 Å². The van der Waals surface area contributed by atoms with Gasteiger partial charge >= 0.3 is 0 Å². The molecule has 0 aliphatic heterocycles. The fourth-order valence-electron chi connectivity index (χ4n) is 1.41. The minimum Gasteiger partial charge on any atom is -0.390 e. The second kappa shape index (κ2) is 7.04. The molecule has 0 bridgehead atoms. The first-order chi connectivity index (χ1) is 8.01. The number of rotatable bonds is 7. The van der Waals surface area contributed by atoms with Gasteiger partial charge in [0.2, 0.25) is 0 Å². The minimum absolute atomic E-state index is 0.610. The summed E-state index contributed by atoms with van der Waals surface area (Å²) in [5.74, 6) is 0.721. The molecule has 0 radical (unpaired) electrons. The molecule has 3 heteroatoms. The van der Waals surface area contributed by atoms with E-state index in [-0.39, 0.29) is 0 Å². The van der Waals surface area contributed by atoms with Gasteiger partial charge in [0, 0.05) is 17.2 Å². The Hall–Kier alpha value is -0.510. The van der Waals surface area contributed by atoms with Crippen LogP contribution in [0.25, 0.3) is 0 Å². The third-order valence-electron chi connectivity index (χ3n) is 2.25. The molecule has 0 aromatic heterocycles. The van der Waals surface area contributed by atoms with Gasteiger partial charge in [0.15, 0.2) is 0 Å². The van der Waals surface area contributed by atoms with Crippen molar-refractivity contribution in [3.8, 4) is 0 Å². The van der Waals surface area contributed by atoms with Gasteiger partial charge in [-0.3, -0.25) is 0 Å². The van der Waals surface area contributed by atoms with Crippen molar-refractivity contribution < 1.29 is 5.11 Å². The molecule has 0 aliphatic carbocycles. The molecule has 0 unspecified atom stereocenters. The summed E-state index contributed by atoms with van der Waals surface area (Å²) in [6.07, 6.45) is 1.16. The highest BCUT2D eigenvalue weighted by Gasteiger charge is 2.12. The number of hydrogen-bond acceptors (Lipinski definition) is 3. The molecular weight excluding hydrogens is 230 g/mol. The lowest BCUT2D eigenvalue weighted by molar-refractivity contribution is 0.107. The average molecular weight is 253 g/mol. The molecule has 0 fully saturated rings. The lowest BCUT2D eigenvalue weighted by atomic mass is 10.2. The highest BCUT2D eigenvalue weighted by Crippen LogP contribution is 2.23. The van der Waals surface area contributed by atoms with Crippen LogP contribution in [0.2, 0.25) is 0 Å². The second-order valence-corrected chi connectivity index (χ2v) is 5.97. The SMILES string of the molecule is CCCNCc1cccc(SCC(C)(C)O)c1. The standard InChI is InChI=1S/C14H23NOS/c1-4-8-15-10-12-6-5-7-13(9-12)17-11-14(2,3)16/h5-7,9,15-16H,4,8,10-11H2,1-3H3. The summed E-state index contributed by atoms with van der Waals surface area (Å²) in [5, 5.41) is 13.1. The molecule has 17 heavy (non-hydrogen) atoms.